The van der Waals surface area contributed by atoms with E-state index in [1.54, 1.807) is 6.08 Å². The lowest BCUT2D eigenvalue weighted by Gasteiger charge is -2.25. The highest BCUT2D eigenvalue weighted by atomic mass is 16.3. The van der Waals surface area contributed by atoms with Crippen LogP contribution in [0.1, 0.15) is 30.8 Å². The zero-order valence-electron chi connectivity index (χ0n) is 11.5. The van der Waals surface area contributed by atoms with Crippen LogP contribution in [-0.4, -0.2) is 36.3 Å². The fourth-order valence-electron chi connectivity index (χ4n) is 2.46. The molecule has 2 amide bonds. The summed E-state index contributed by atoms with van der Waals surface area (Å²) in [4.78, 5) is 24.7. The maximum atomic E-state index is 11.9. The summed E-state index contributed by atoms with van der Waals surface area (Å²) in [7, 11) is 0. The second kappa shape index (κ2) is 5.15. The molecule has 0 aromatic carbocycles. The fourth-order valence-corrected chi connectivity index (χ4v) is 2.46. The third kappa shape index (κ3) is 2.76. The number of rotatable bonds is 3. The predicted molar refractivity (Wildman–Crippen MR) is 73.9 cm³/mol. The molecule has 0 unspecified atom stereocenters. The van der Waals surface area contributed by atoms with Gasteiger partial charge in [0, 0.05) is 25.1 Å². The first-order valence-electron chi connectivity index (χ1n) is 6.97. The van der Waals surface area contributed by atoms with E-state index in [2.05, 4.69) is 12.2 Å². The Morgan fingerprint density at radius 1 is 1.50 bits per heavy atom. The largest absolute Gasteiger partial charge is 0.461 e. The van der Waals surface area contributed by atoms with Gasteiger partial charge in [-0.1, -0.05) is 6.92 Å². The lowest BCUT2D eigenvalue weighted by atomic mass is 10.3. The van der Waals surface area contributed by atoms with Gasteiger partial charge >= 0.3 is 0 Å². The van der Waals surface area contributed by atoms with Gasteiger partial charge in [0.25, 0.3) is 0 Å². The molecular formula is C15H18N2O3. The molecule has 1 aliphatic carbocycles. The van der Waals surface area contributed by atoms with Crippen molar-refractivity contribution in [2.75, 3.05) is 19.6 Å². The summed E-state index contributed by atoms with van der Waals surface area (Å²) >= 11 is 0. The molecule has 1 saturated carbocycles. The first-order chi connectivity index (χ1) is 9.63. The molecule has 1 aromatic heterocycles. The van der Waals surface area contributed by atoms with Gasteiger partial charge in [0.1, 0.15) is 11.5 Å². The molecule has 2 aliphatic rings. The molecule has 5 nitrogen and oxygen atoms in total. The average Bonchev–Trinajstić information content (AvgIpc) is 2.99. The summed E-state index contributed by atoms with van der Waals surface area (Å²) in [6, 6.07) is 3.86. The van der Waals surface area contributed by atoms with Crippen molar-refractivity contribution in [1.29, 1.82) is 0 Å². The molecule has 2 heterocycles. The summed E-state index contributed by atoms with van der Waals surface area (Å²) in [6.07, 6.45) is 4.32. The second-order valence-corrected chi connectivity index (χ2v) is 5.50. The predicted octanol–water partition coefficient (Wildman–Crippen LogP) is 1.37. The standard InChI is InChI=1S/C15H18N2O3/c1-10-8-12(10)13-4-2-11(20-13)3-5-15(19)17-7-6-16-14(18)9-17/h2-5,10,12H,6-9H2,1H3,(H,16,18)/b5-3-/t10-,12+/m1/s1. The Kier molecular flexibility index (Phi) is 3.34. The van der Waals surface area contributed by atoms with Crippen molar-refractivity contribution < 1.29 is 14.0 Å². The van der Waals surface area contributed by atoms with E-state index in [1.807, 2.05) is 12.1 Å². The van der Waals surface area contributed by atoms with E-state index in [-0.39, 0.29) is 18.4 Å². The summed E-state index contributed by atoms with van der Waals surface area (Å²) in [5, 5.41) is 2.69. The lowest BCUT2D eigenvalue weighted by Crippen LogP contribution is -2.49. The number of furan rings is 1. The van der Waals surface area contributed by atoms with Crippen molar-refractivity contribution in [2.45, 2.75) is 19.3 Å². The summed E-state index contributed by atoms with van der Waals surface area (Å²) in [6.45, 7) is 3.40. The maximum absolute atomic E-state index is 11.9. The van der Waals surface area contributed by atoms with Gasteiger partial charge in [-0.05, 0) is 30.5 Å². The normalized spacial score (nSPS) is 25.9. The molecule has 0 radical (unpaired) electrons. The van der Waals surface area contributed by atoms with Gasteiger partial charge in [0.05, 0.1) is 6.54 Å². The summed E-state index contributed by atoms with van der Waals surface area (Å²) in [5.74, 6) is 2.67. The summed E-state index contributed by atoms with van der Waals surface area (Å²) < 4.78 is 5.70. The van der Waals surface area contributed by atoms with E-state index in [0.717, 1.165) is 5.76 Å². The van der Waals surface area contributed by atoms with E-state index in [0.29, 0.717) is 30.7 Å². The first kappa shape index (κ1) is 13.0. The van der Waals surface area contributed by atoms with Crippen molar-refractivity contribution in [1.82, 2.24) is 10.2 Å². The zero-order chi connectivity index (χ0) is 14.1. The van der Waals surface area contributed by atoms with Crippen LogP contribution in [0.3, 0.4) is 0 Å². The van der Waals surface area contributed by atoms with Crippen LogP contribution in [0, 0.1) is 5.92 Å². The van der Waals surface area contributed by atoms with Crippen LogP contribution >= 0.6 is 0 Å². The third-order valence-electron chi connectivity index (χ3n) is 3.86. The van der Waals surface area contributed by atoms with Gasteiger partial charge in [0.15, 0.2) is 0 Å². The number of nitrogens with one attached hydrogen (secondary N) is 1. The zero-order valence-corrected chi connectivity index (χ0v) is 11.5. The molecule has 1 aromatic rings. The Morgan fingerprint density at radius 3 is 3.00 bits per heavy atom. The third-order valence-corrected chi connectivity index (χ3v) is 3.86. The van der Waals surface area contributed by atoms with E-state index in [4.69, 9.17) is 4.42 Å². The number of amides is 2. The van der Waals surface area contributed by atoms with Gasteiger partial charge in [-0.25, -0.2) is 0 Å². The number of hydrogen-bond acceptors (Lipinski definition) is 3. The minimum absolute atomic E-state index is 0.110. The fraction of sp³-hybridized carbons (Fsp3) is 0.467. The number of carbonyl (C=O) groups excluding carboxylic acids is 2. The Bertz CT molecular complexity index is 561. The first-order valence-corrected chi connectivity index (χ1v) is 6.97. The molecule has 3 rings (SSSR count). The molecule has 2 fully saturated rings. The molecule has 0 spiro atoms. The van der Waals surface area contributed by atoms with Gasteiger partial charge in [0.2, 0.25) is 11.8 Å². The average molecular weight is 274 g/mol. The van der Waals surface area contributed by atoms with Crippen LogP contribution in [0.2, 0.25) is 0 Å². The lowest BCUT2D eigenvalue weighted by molar-refractivity contribution is -0.134. The number of piperazine rings is 1. The van der Waals surface area contributed by atoms with Crippen molar-refractivity contribution >= 4 is 17.9 Å². The van der Waals surface area contributed by atoms with E-state index in [1.165, 1.54) is 17.4 Å². The Balaban J connectivity index is 1.60. The van der Waals surface area contributed by atoms with Gasteiger partial charge in [-0.3, -0.25) is 9.59 Å². The Labute approximate surface area is 117 Å². The minimum Gasteiger partial charge on any atom is -0.461 e. The monoisotopic (exact) mass is 274 g/mol. The maximum Gasteiger partial charge on any atom is 0.247 e. The number of nitrogens with zero attached hydrogens (tertiary/aromatic N) is 1. The van der Waals surface area contributed by atoms with E-state index < -0.39 is 0 Å². The quantitative estimate of drug-likeness (QED) is 0.847. The van der Waals surface area contributed by atoms with Gasteiger partial charge in [-0.15, -0.1) is 0 Å². The Morgan fingerprint density at radius 2 is 2.30 bits per heavy atom. The molecular weight excluding hydrogens is 256 g/mol. The molecule has 106 valence electrons. The van der Waals surface area contributed by atoms with Crippen molar-refractivity contribution in [3.8, 4) is 0 Å². The van der Waals surface area contributed by atoms with Crippen LogP contribution < -0.4 is 5.32 Å². The van der Waals surface area contributed by atoms with E-state index >= 15 is 0 Å². The molecule has 0 bridgehead atoms. The van der Waals surface area contributed by atoms with Gasteiger partial charge < -0.3 is 14.6 Å². The SMILES string of the molecule is C[C@@H]1C[C@@H]1c1ccc(/C=C\C(=O)N2CCNC(=O)C2)o1. The van der Waals surface area contributed by atoms with E-state index in [9.17, 15) is 9.59 Å². The Hall–Kier alpha value is -2.04. The minimum atomic E-state index is -0.155. The van der Waals surface area contributed by atoms with Crippen LogP contribution in [0.25, 0.3) is 6.08 Å². The second-order valence-electron chi connectivity index (χ2n) is 5.50. The topological polar surface area (TPSA) is 62.6 Å². The highest BCUT2D eigenvalue weighted by Gasteiger charge is 2.36. The number of hydrogen-bond donors (Lipinski definition) is 1. The number of carbonyl (C=O) groups is 2. The van der Waals surface area contributed by atoms with Crippen molar-refractivity contribution in [3.05, 3.63) is 29.7 Å². The van der Waals surface area contributed by atoms with Crippen LogP contribution in [0.4, 0.5) is 0 Å². The van der Waals surface area contributed by atoms with Crippen LogP contribution in [0.5, 0.6) is 0 Å². The molecule has 1 N–H and O–H groups in total. The molecule has 5 heteroatoms. The smallest absolute Gasteiger partial charge is 0.247 e. The molecule has 2 atom stereocenters. The molecule has 20 heavy (non-hydrogen) atoms. The van der Waals surface area contributed by atoms with Crippen molar-refractivity contribution in [2.24, 2.45) is 5.92 Å². The van der Waals surface area contributed by atoms with Crippen molar-refractivity contribution in [3.63, 3.8) is 0 Å². The summed E-state index contributed by atoms with van der Waals surface area (Å²) in [5.41, 5.74) is 0. The molecule has 1 saturated heterocycles. The highest BCUT2D eigenvalue weighted by Crippen LogP contribution is 2.47. The molecule has 1 aliphatic heterocycles. The van der Waals surface area contributed by atoms with Crippen LogP contribution in [-0.2, 0) is 9.59 Å². The highest BCUT2D eigenvalue weighted by molar-refractivity contribution is 5.94. The van der Waals surface area contributed by atoms with Crippen LogP contribution in [0.15, 0.2) is 22.6 Å². The van der Waals surface area contributed by atoms with Gasteiger partial charge in [-0.2, -0.15) is 0 Å².